The molecule has 0 radical (unpaired) electrons. The number of aromatic nitrogens is 2. The molecule has 0 aliphatic carbocycles. The van der Waals surface area contributed by atoms with Gasteiger partial charge in [-0.3, -0.25) is 0 Å². The largest absolute Gasteiger partial charge is 0.309 e. The smallest absolute Gasteiger partial charge is 0.0772 e. The van der Waals surface area contributed by atoms with Crippen LogP contribution in [0.5, 0.6) is 0 Å². The summed E-state index contributed by atoms with van der Waals surface area (Å²) in [6.07, 6.45) is 4.05. The number of nitrogens with zero attached hydrogens (tertiary/aromatic N) is 2. The lowest BCUT2D eigenvalue weighted by Crippen LogP contribution is -2.20. The Morgan fingerprint density at radius 2 is 2.43 bits per heavy atom. The van der Waals surface area contributed by atoms with Gasteiger partial charge in [0.1, 0.15) is 0 Å². The van der Waals surface area contributed by atoms with Gasteiger partial charge in [0.15, 0.2) is 0 Å². The van der Waals surface area contributed by atoms with Crippen LogP contribution in [-0.2, 0) is 0 Å². The third-order valence-corrected chi connectivity index (χ3v) is 3.05. The molecule has 14 heavy (non-hydrogen) atoms. The zero-order valence-corrected chi connectivity index (χ0v) is 9.60. The van der Waals surface area contributed by atoms with E-state index in [4.69, 9.17) is 0 Å². The predicted octanol–water partition coefficient (Wildman–Crippen LogP) is 2.46. The summed E-state index contributed by atoms with van der Waals surface area (Å²) in [6.45, 7) is 8.84. The van der Waals surface area contributed by atoms with Crippen LogP contribution < -0.4 is 5.32 Å². The van der Waals surface area contributed by atoms with Gasteiger partial charge in [-0.25, -0.2) is 0 Å². The highest BCUT2D eigenvalue weighted by atomic mass is 32.1. The van der Waals surface area contributed by atoms with Gasteiger partial charge in [0, 0.05) is 6.04 Å². The van der Waals surface area contributed by atoms with E-state index in [1.165, 1.54) is 16.4 Å². The van der Waals surface area contributed by atoms with Crippen LogP contribution >= 0.6 is 11.5 Å². The molecule has 4 heteroatoms. The van der Waals surface area contributed by atoms with Gasteiger partial charge in [-0.15, -0.1) is 11.7 Å². The monoisotopic (exact) mass is 211 g/mol. The van der Waals surface area contributed by atoms with E-state index in [0.29, 0.717) is 6.04 Å². The highest BCUT2D eigenvalue weighted by molar-refractivity contribution is 7.05. The SMILES string of the molecule is C=CCCC(NCC)c1snnc1C. The Labute approximate surface area is 89.4 Å². The van der Waals surface area contributed by atoms with Gasteiger partial charge in [-0.05, 0) is 37.8 Å². The molecule has 0 fully saturated rings. The van der Waals surface area contributed by atoms with Crippen LogP contribution in [-0.4, -0.2) is 16.1 Å². The van der Waals surface area contributed by atoms with E-state index in [-0.39, 0.29) is 0 Å². The average molecular weight is 211 g/mol. The first kappa shape index (κ1) is 11.3. The summed E-state index contributed by atoms with van der Waals surface area (Å²) in [5.41, 5.74) is 1.05. The molecule has 0 amide bonds. The molecule has 0 aromatic carbocycles. The maximum atomic E-state index is 4.03. The maximum absolute atomic E-state index is 4.03. The second kappa shape index (κ2) is 5.88. The van der Waals surface area contributed by atoms with Crippen molar-refractivity contribution in [1.29, 1.82) is 0 Å². The third kappa shape index (κ3) is 2.89. The summed E-state index contributed by atoms with van der Waals surface area (Å²) >= 11 is 1.49. The fourth-order valence-electron chi connectivity index (χ4n) is 1.41. The number of rotatable bonds is 6. The Bertz CT molecular complexity index is 283. The lowest BCUT2D eigenvalue weighted by Gasteiger charge is -2.15. The summed E-state index contributed by atoms with van der Waals surface area (Å²) < 4.78 is 3.96. The molecule has 1 aromatic rings. The third-order valence-electron chi connectivity index (χ3n) is 2.11. The van der Waals surface area contributed by atoms with Crippen LogP contribution in [0.25, 0.3) is 0 Å². The Kier molecular flexibility index (Phi) is 4.76. The lowest BCUT2D eigenvalue weighted by atomic mass is 10.1. The van der Waals surface area contributed by atoms with E-state index in [2.05, 4.69) is 28.4 Å². The summed E-state index contributed by atoms with van der Waals surface area (Å²) in [5, 5.41) is 7.47. The molecule has 1 aromatic heterocycles. The predicted molar refractivity (Wildman–Crippen MR) is 60.5 cm³/mol. The van der Waals surface area contributed by atoms with Crippen molar-refractivity contribution in [3.05, 3.63) is 23.2 Å². The molecule has 0 saturated heterocycles. The van der Waals surface area contributed by atoms with Crippen molar-refractivity contribution in [2.75, 3.05) is 6.54 Å². The van der Waals surface area contributed by atoms with Crippen molar-refractivity contribution >= 4 is 11.5 Å². The summed E-state index contributed by atoms with van der Waals surface area (Å²) in [6, 6.07) is 0.387. The molecule has 0 aliphatic heterocycles. The zero-order valence-electron chi connectivity index (χ0n) is 8.79. The number of hydrogen-bond acceptors (Lipinski definition) is 4. The average Bonchev–Trinajstić information content (AvgIpc) is 2.59. The maximum Gasteiger partial charge on any atom is 0.0772 e. The minimum absolute atomic E-state index is 0.387. The second-order valence-corrected chi connectivity index (χ2v) is 3.98. The van der Waals surface area contributed by atoms with Crippen molar-refractivity contribution in [2.45, 2.75) is 32.7 Å². The minimum Gasteiger partial charge on any atom is -0.309 e. The van der Waals surface area contributed by atoms with Crippen LogP contribution in [0.15, 0.2) is 12.7 Å². The summed E-state index contributed by atoms with van der Waals surface area (Å²) in [7, 11) is 0. The molecule has 1 unspecified atom stereocenters. The van der Waals surface area contributed by atoms with Crippen LogP contribution in [0.4, 0.5) is 0 Å². The van der Waals surface area contributed by atoms with Crippen LogP contribution in [0.3, 0.4) is 0 Å². The molecule has 0 aliphatic rings. The van der Waals surface area contributed by atoms with Crippen LogP contribution in [0.2, 0.25) is 0 Å². The molecule has 1 rings (SSSR count). The van der Waals surface area contributed by atoms with Gasteiger partial charge in [0.2, 0.25) is 0 Å². The zero-order chi connectivity index (χ0) is 10.4. The molecule has 3 nitrogen and oxygen atoms in total. The number of aryl methyl sites for hydroxylation is 1. The highest BCUT2D eigenvalue weighted by Gasteiger charge is 2.14. The molecule has 1 N–H and O–H groups in total. The fraction of sp³-hybridized carbons (Fsp3) is 0.600. The quantitative estimate of drug-likeness (QED) is 0.734. The van der Waals surface area contributed by atoms with E-state index in [1.807, 2.05) is 13.0 Å². The van der Waals surface area contributed by atoms with Gasteiger partial charge in [0.25, 0.3) is 0 Å². The molecule has 78 valence electrons. The molecule has 0 bridgehead atoms. The van der Waals surface area contributed by atoms with E-state index < -0.39 is 0 Å². The first-order valence-corrected chi connectivity index (χ1v) is 5.70. The van der Waals surface area contributed by atoms with Crippen LogP contribution in [0.1, 0.15) is 36.4 Å². The summed E-state index contributed by atoms with van der Waals surface area (Å²) in [5.74, 6) is 0. The number of nitrogens with one attached hydrogen (secondary N) is 1. The standard InChI is InChI=1S/C10H17N3S/c1-4-6-7-9(11-5-2)10-8(3)12-13-14-10/h4,9,11H,1,5-7H2,2-3H3. The van der Waals surface area contributed by atoms with E-state index in [9.17, 15) is 0 Å². The van der Waals surface area contributed by atoms with E-state index in [1.54, 1.807) is 0 Å². The molecule has 1 atom stereocenters. The first-order chi connectivity index (χ1) is 6.79. The number of allylic oxidation sites excluding steroid dienone is 1. The molecule has 0 spiro atoms. The van der Waals surface area contributed by atoms with Crippen molar-refractivity contribution in [2.24, 2.45) is 0 Å². The number of hydrogen-bond donors (Lipinski definition) is 1. The molecular formula is C10H17N3S. The normalized spacial score (nSPS) is 12.7. The summed E-state index contributed by atoms with van der Waals surface area (Å²) in [4.78, 5) is 1.26. The van der Waals surface area contributed by atoms with Gasteiger partial charge in [-0.2, -0.15) is 0 Å². The Hall–Kier alpha value is -0.740. The van der Waals surface area contributed by atoms with Crippen molar-refractivity contribution < 1.29 is 0 Å². The Morgan fingerprint density at radius 1 is 1.64 bits per heavy atom. The van der Waals surface area contributed by atoms with Crippen LogP contribution in [0, 0.1) is 6.92 Å². The van der Waals surface area contributed by atoms with Crippen molar-refractivity contribution in [3.8, 4) is 0 Å². The van der Waals surface area contributed by atoms with Gasteiger partial charge < -0.3 is 5.32 Å². The first-order valence-electron chi connectivity index (χ1n) is 4.92. The van der Waals surface area contributed by atoms with E-state index in [0.717, 1.165) is 25.1 Å². The van der Waals surface area contributed by atoms with Gasteiger partial charge in [0.05, 0.1) is 10.6 Å². The Balaban J connectivity index is 2.66. The van der Waals surface area contributed by atoms with Gasteiger partial charge >= 0.3 is 0 Å². The molecular weight excluding hydrogens is 194 g/mol. The van der Waals surface area contributed by atoms with E-state index >= 15 is 0 Å². The molecule has 0 saturated carbocycles. The second-order valence-electron chi connectivity index (χ2n) is 3.20. The Morgan fingerprint density at radius 3 is 2.93 bits per heavy atom. The molecule has 1 heterocycles. The fourth-order valence-corrected chi connectivity index (χ4v) is 2.17. The van der Waals surface area contributed by atoms with Crippen molar-refractivity contribution in [1.82, 2.24) is 14.9 Å². The van der Waals surface area contributed by atoms with Crippen molar-refractivity contribution in [3.63, 3.8) is 0 Å². The minimum atomic E-state index is 0.387. The topological polar surface area (TPSA) is 37.8 Å². The highest BCUT2D eigenvalue weighted by Crippen LogP contribution is 2.23. The lowest BCUT2D eigenvalue weighted by molar-refractivity contribution is 0.524. The van der Waals surface area contributed by atoms with Gasteiger partial charge in [-0.1, -0.05) is 17.5 Å².